The Morgan fingerprint density at radius 2 is 1.67 bits per heavy atom. The van der Waals surface area contributed by atoms with E-state index in [1.54, 1.807) is 6.92 Å². The fourth-order valence-corrected chi connectivity index (χ4v) is 4.61. The van der Waals surface area contributed by atoms with Gasteiger partial charge in [0.25, 0.3) is 0 Å². The fraction of sp³-hybridized carbons (Fsp3) is 0.179. The van der Waals surface area contributed by atoms with Crippen LogP contribution in [0.1, 0.15) is 35.7 Å². The van der Waals surface area contributed by atoms with Crippen LogP contribution in [0.25, 0.3) is 44.6 Å². The number of aliphatic hydroxyl groups is 1. The number of furan rings is 1. The summed E-state index contributed by atoms with van der Waals surface area (Å²) >= 11 is 12.9. The van der Waals surface area contributed by atoms with Gasteiger partial charge in [0.15, 0.2) is 5.76 Å². The highest BCUT2D eigenvalue weighted by Gasteiger charge is 2.31. The lowest BCUT2D eigenvalue weighted by Crippen LogP contribution is -2.31. The molecule has 2 aromatic carbocycles. The molecule has 0 atom stereocenters. The molecular formula is C28H23Cl2N3O3. The quantitative estimate of drug-likeness (QED) is 0.235. The molecule has 0 aliphatic rings. The Labute approximate surface area is 217 Å². The van der Waals surface area contributed by atoms with Gasteiger partial charge in [0.2, 0.25) is 11.5 Å². The molecule has 2 N–H and O–H groups in total. The normalized spacial score (nSPS) is 11.9. The standard InChI is InChI=1S/C28H23Cl2N3O3/c1-14-20-12-21(16-5-8-18(29)9-6-16)24(32-27(20)36-25(14)26(34)28(3,4)35)19-10-7-17(11-23(19)30)22-13-31-33-15(22)2/h5-13,35H,1-4H3,(H,31,33). The second kappa shape index (κ2) is 8.89. The van der Waals surface area contributed by atoms with Gasteiger partial charge < -0.3 is 9.52 Å². The van der Waals surface area contributed by atoms with E-state index in [1.807, 2.05) is 61.7 Å². The summed E-state index contributed by atoms with van der Waals surface area (Å²) in [5, 5.41) is 19.1. The van der Waals surface area contributed by atoms with Crippen molar-refractivity contribution in [2.75, 3.05) is 0 Å². The van der Waals surface area contributed by atoms with Crippen molar-refractivity contribution in [3.8, 4) is 33.5 Å². The van der Waals surface area contributed by atoms with Gasteiger partial charge in [0.05, 0.1) is 16.4 Å². The average molecular weight is 520 g/mol. The monoisotopic (exact) mass is 519 g/mol. The second-order valence-electron chi connectivity index (χ2n) is 9.27. The number of aromatic nitrogens is 3. The highest BCUT2D eigenvalue weighted by Crippen LogP contribution is 2.40. The van der Waals surface area contributed by atoms with Crippen LogP contribution in [0.3, 0.4) is 0 Å². The Bertz CT molecular complexity index is 1630. The van der Waals surface area contributed by atoms with Crippen molar-refractivity contribution >= 4 is 40.1 Å². The summed E-state index contributed by atoms with van der Waals surface area (Å²) in [6.45, 7) is 6.58. The van der Waals surface area contributed by atoms with Crippen LogP contribution < -0.4 is 0 Å². The summed E-state index contributed by atoms with van der Waals surface area (Å²) in [7, 11) is 0. The van der Waals surface area contributed by atoms with Gasteiger partial charge in [-0.05, 0) is 63.1 Å². The number of rotatable bonds is 5. The van der Waals surface area contributed by atoms with Crippen LogP contribution in [0.15, 0.2) is 59.1 Å². The van der Waals surface area contributed by atoms with Crippen LogP contribution in [-0.2, 0) is 0 Å². The van der Waals surface area contributed by atoms with E-state index in [4.69, 9.17) is 32.6 Å². The molecule has 0 fully saturated rings. The number of Topliss-reactive ketones (excluding diaryl/α,β-unsaturated/α-hetero) is 1. The van der Waals surface area contributed by atoms with E-state index in [9.17, 15) is 9.90 Å². The van der Waals surface area contributed by atoms with E-state index in [1.165, 1.54) is 13.8 Å². The number of H-pyrrole nitrogens is 1. The van der Waals surface area contributed by atoms with Gasteiger partial charge in [-0.1, -0.05) is 47.5 Å². The lowest BCUT2D eigenvalue weighted by molar-refractivity contribution is 0.0460. The summed E-state index contributed by atoms with van der Waals surface area (Å²) in [4.78, 5) is 17.6. The molecule has 0 saturated carbocycles. The predicted molar refractivity (Wildman–Crippen MR) is 143 cm³/mol. The van der Waals surface area contributed by atoms with Gasteiger partial charge in [0, 0.05) is 38.9 Å². The zero-order valence-electron chi connectivity index (χ0n) is 20.1. The average Bonchev–Trinajstić information content (AvgIpc) is 3.40. The third kappa shape index (κ3) is 4.22. The number of halogens is 2. The van der Waals surface area contributed by atoms with Crippen molar-refractivity contribution < 1.29 is 14.3 Å². The highest BCUT2D eigenvalue weighted by atomic mass is 35.5. The van der Waals surface area contributed by atoms with Gasteiger partial charge in [-0.2, -0.15) is 5.10 Å². The number of carbonyl (C=O) groups excluding carboxylic acids is 1. The third-order valence-electron chi connectivity index (χ3n) is 6.21. The molecule has 182 valence electrons. The number of benzene rings is 2. The minimum absolute atomic E-state index is 0.0843. The molecule has 0 amide bonds. The zero-order chi connectivity index (χ0) is 25.8. The Kier molecular flexibility index (Phi) is 5.99. The molecule has 36 heavy (non-hydrogen) atoms. The first kappa shape index (κ1) is 24.3. The summed E-state index contributed by atoms with van der Waals surface area (Å²) < 4.78 is 5.90. The Morgan fingerprint density at radius 3 is 2.28 bits per heavy atom. The van der Waals surface area contributed by atoms with Crippen LogP contribution in [0.4, 0.5) is 0 Å². The lowest BCUT2D eigenvalue weighted by Gasteiger charge is -2.13. The maximum atomic E-state index is 12.8. The van der Waals surface area contributed by atoms with E-state index in [-0.39, 0.29) is 5.76 Å². The molecule has 3 heterocycles. The number of hydrogen-bond acceptors (Lipinski definition) is 5. The summed E-state index contributed by atoms with van der Waals surface area (Å²) in [6.07, 6.45) is 1.83. The summed E-state index contributed by atoms with van der Waals surface area (Å²) in [6, 6.07) is 15.1. The molecule has 0 unspecified atom stereocenters. The van der Waals surface area contributed by atoms with Gasteiger partial charge in [0.1, 0.15) is 5.60 Å². The number of nitrogens with one attached hydrogen (secondary N) is 1. The topological polar surface area (TPSA) is 92.0 Å². The SMILES string of the molecule is Cc1n[nH]cc1-c1ccc(-c2nc3oc(C(=O)C(C)(C)O)c(C)c3cc2-c2ccc(Cl)cc2)c(Cl)c1. The number of pyridine rings is 1. The number of ketones is 1. The molecule has 6 nitrogen and oxygen atoms in total. The number of fused-ring (bicyclic) bond motifs is 1. The maximum Gasteiger partial charge on any atom is 0.229 e. The molecule has 0 spiro atoms. The van der Waals surface area contributed by atoms with Crippen LogP contribution in [0, 0.1) is 13.8 Å². The van der Waals surface area contributed by atoms with Gasteiger partial charge in [-0.3, -0.25) is 9.89 Å². The first-order chi connectivity index (χ1) is 17.0. The largest absolute Gasteiger partial charge is 0.434 e. The Balaban J connectivity index is 1.74. The van der Waals surface area contributed by atoms with Crippen LogP contribution in [0.5, 0.6) is 0 Å². The molecule has 8 heteroatoms. The maximum absolute atomic E-state index is 12.8. The first-order valence-corrected chi connectivity index (χ1v) is 12.1. The van der Waals surface area contributed by atoms with E-state index in [2.05, 4.69) is 10.2 Å². The molecule has 5 rings (SSSR count). The molecule has 0 aliphatic heterocycles. The number of aromatic amines is 1. The molecule has 5 aromatic rings. The molecule has 0 bridgehead atoms. The van der Waals surface area contributed by atoms with E-state index in [0.29, 0.717) is 38.0 Å². The number of nitrogens with zero attached hydrogens (tertiary/aromatic N) is 2. The molecule has 0 saturated heterocycles. The zero-order valence-corrected chi connectivity index (χ0v) is 21.6. The second-order valence-corrected chi connectivity index (χ2v) is 10.1. The Hall–Kier alpha value is -3.45. The summed E-state index contributed by atoms with van der Waals surface area (Å²) in [5.41, 5.74) is 5.07. The van der Waals surface area contributed by atoms with E-state index < -0.39 is 11.4 Å². The molecule has 0 aliphatic carbocycles. The molecule has 3 aromatic heterocycles. The van der Waals surface area contributed by atoms with Crippen molar-refractivity contribution in [3.63, 3.8) is 0 Å². The minimum Gasteiger partial charge on any atom is -0.434 e. The highest BCUT2D eigenvalue weighted by molar-refractivity contribution is 6.34. The van der Waals surface area contributed by atoms with Crippen molar-refractivity contribution in [1.29, 1.82) is 0 Å². The van der Waals surface area contributed by atoms with Crippen molar-refractivity contribution in [3.05, 3.63) is 81.8 Å². The van der Waals surface area contributed by atoms with Gasteiger partial charge in [-0.25, -0.2) is 4.98 Å². The smallest absolute Gasteiger partial charge is 0.229 e. The minimum atomic E-state index is -1.58. The van der Waals surface area contributed by atoms with E-state index >= 15 is 0 Å². The fourth-order valence-electron chi connectivity index (χ4n) is 4.21. The van der Waals surface area contributed by atoms with Crippen LogP contribution >= 0.6 is 23.2 Å². The lowest BCUT2D eigenvalue weighted by atomic mass is 9.95. The van der Waals surface area contributed by atoms with Crippen molar-refractivity contribution in [2.45, 2.75) is 33.3 Å². The van der Waals surface area contributed by atoms with Gasteiger partial charge in [-0.15, -0.1) is 0 Å². The first-order valence-electron chi connectivity index (χ1n) is 11.3. The van der Waals surface area contributed by atoms with E-state index in [0.717, 1.165) is 27.9 Å². The van der Waals surface area contributed by atoms with Crippen molar-refractivity contribution in [1.82, 2.24) is 15.2 Å². The number of aryl methyl sites for hydroxylation is 2. The molecule has 0 radical (unpaired) electrons. The summed E-state index contributed by atoms with van der Waals surface area (Å²) in [5.74, 6) is -0.424. The molecular weight excluding hydrogens is 497 g/mol. The number of carbonyl (C=O) groups is 1. The Morgan fingerprint density at radius 1 is 0.972 bits per heavy atom. The van der Waals surface area contributed by atoms with Crippen LogP contribution in [0.2, 0.25) is 10.0 Å². The van der Waals surface area contributed by atoms with Crippen LogP contribution in [-0.4, -0.2) is 31.7 Å². The third-order valence-corrected chi connectivity index (χ3v) is 6.78. The predicted octanol–water partition coefficient (Wildman–Crippen LogP) is 7.43. The van der Waals surface area contributed by atoms with Crippen molar-refractivity contribution in [2.24, 2.45) is 0 Å². The van der Waals surface area contributed by atoms with Gasteiger partial charge >= 0.3 is 0 Å². The number of hydrogen-bond donors (Lipinski definition) is 2.